The smallest absolute Gasteiger partial charge is 0.265 e. The van der Waals surface area contributed by atoms with Crippen LogP contribution < -0.4 is 5.56 Å². The summed E-state index contributed by atoms with van der Waals surface area (Å²) in [6, 6.07) is 14.1. The van der Waals surface area contributed by atoms with Crippen LogP contribution in [0.4, 0.5) is 0 Å². The van der Waals surface area contributed by atoms with Gasteiger partial charge in [0.05, 0.1) is 11.0 Å². The predicted octanol–water partition coefficient (Wildman–Crippen LogP) is 5.01. The fourth-order valence-electron chi connectivity index (χ4n) is 4.33. The highest BCUT2D eigenvalue weighted by Gasteiger charge is 2.22. The normalized spacial score (nSPS) is 11.7. The van der Waals surface area contributed by atoms with Crippen molar-refractivity contribution in [1.82, 2.24) is 24.1 Å². The maximum Gasteiger partial charge on any atom is 0.265 e. The summed E-state index contributed by atoms with van der Waals surface area (Å²) in [4.78, 5) is 28.3. The van der Waals surface area contributed by atoms with Crippen molar-refractivity contribution < 1.29 is 0 Å². The Morgan fingerprint density at radius 2 is 1.55 bits per heavy atom. The van der Waals surface area contributed by atoms with Gasteiger partial charge in [0.25, 0.3) is 5.56 Å². The molecule has 0 amide bonds. The highest BCUT2D eigenvalue weighted by atomic mass is 16.1. The molecule has 0 saturated carbocycles. The second kappa shape index (κ2) is 7.30. The lowest BCUT2D eigenvalue weighted by Crippen LogP contribution is -2.24. The molecule has 0 radical (unpaired) electrons. The summed E-state index contributed by atoms with van der Waals surface area (Å²) in [5.74, 6) is 0.712. The molecule has 6 nitrogen and oxygen atoms in total. The third kappa shape index (κ3) is 3.10. The van der Waals surface area contributed by atoms with Crippen LogP contribution in [0.2, 0.25) is 0 Å². The van der Waals surface area contributed by atoms with Gasteiger partial charge in [0.2, 0.25) is 0 Å². The van der Waals surface area contributed by atoms with Crippen LogP contribution in [0.1, 0.15) is 36.7 Å². The van der Waals surface area contributed by atoms with E-state index in [2.05, 4.69) is 39.0 Å². The monoisotopic (exact) mass is 411 g/mol. The Balaban J connectivity index is 1.98. The van der Waals surface area contributed by atoms with Crippen LogP contribution in [0, 0.1) is 20.8 Å². The summed E-state index contributed by atoms with van der Waals surface area (Å²) < 4.78 is 3.76. The van der Waals surface area contributed by atoms with Gasteiger partial charge < -0.3 is 0 Å². The average molecular weight is 412 g/mol. The summed E-state index contributed by atoms with van der Waals surface area (Å²) in [6.45, 7) is 8.82. The zero-order valence-electron chi connectivity index (χ0n) is 18.3. The Morgan fingerprint density at radius 3 is 2.23 bits per heavy atom. The molecule has 0 aliphatic carbocycles. The van der Waals surface area contributed by atoms with Gasteiger partial charge in [-0.2, -0.15) is 0 Å². The van der Waals surface area contributed by atoms with Crippen LogP contribution in [0.5, 0.6) is 0 Å². The van der Waals surface area contributed by atoms with Crippen LogP contribution in [0.15, 0.2) is 47.3 Å². The molecule has 0 spiro atoms. The molecule has 0 aliphatic heterocycles. The maximum atomic E-state index is 13.6. The fraction of sp³-hybridized carbons (Fsp3) is 0.280. The van der Waals surface area contributed by atoms with Gasteiger partial charge in [-0.25, -0.2) is 15.0 Å². The highest BCUT2D eigenvalue weighted by molar-refractivity contribution is 6.05. The van der Waals surface area contributed by atoms with Gasteiger partial charge in [-0.1, -0.05) is 31.5 Å². The van der Waals surface area contributed by atoms with E-state index in [-0.39, 0.29) is 5.56 Å². The zero-order chi connectivity index (χ0) is 21.7. The largest absolute Gasteiger partial charge is 0.296 e. The van der Waals surface area contributed by atoms with Crippen molar-refractivity contribution in [3.05, 3.63) is 69.8 Å². The van der Waals surface area contributed by atoms with Gasteiger partial charge in [-0.05, 0) is 62.6 Å². The summed E-state index contributed by atoms with van der Waals surface area (Å²) in [5, 5.41) is 0.536. The van der Waals surface area contributed by atoms with Gasteiger partial charge in [0.15, 0.2) is 11.3 Å². The summed E-state index contributed by atoms with van der Waals surface area (Å²) >= 11 is 0. The Morgan fingerprint density at radius 1 is 0.871 bits per heavy atom. The molecule has 0 atom stereocenters. The van der Waals surface area contributed by atoms with Crippen molar-refractivity contribution in [3.63, 3.8) is 0 Å². The molecular weight excluding hydrogens is 386 g/mol. The molecule has 0 saturated heterocycles. The van der Waals surface area contributed by atoms with E-state index in [0.717, 1.165) is 40.7 Å². The van der Waals surface area contributed by atoms with Crippen molar-refractivity contribution >= 4 is 33.2 Å². The first-order chi connectivity index (χ1) is 15.0. The second-order valence-electron chi connectivity index (χ2n) is 8.23. The molecule has 0 fully saturated rings. The first kappa shape index (κ1) is 19.4. The van der Waals surface area contributed by atoms with E-state index >= 15 is 0 Å². The fourth-order valence-corrected chi connectivity index (χ4v) is 4.33. The first-order valence-corrected chi connectivity index (χ1v) is 10.7. The number of aromatic nitrogens is 5. The predicted molar refractivity (Wildman–Crippen MR) is 125 cm³/mol. The topological polar surface area (TPSA) is 65.6 Å². The molecule has 156 valence electrons. The minimum atomic E-state index is -0.0475. The molecular formula is C25H25N5O. The second-order valence-corrected chi connectivity index (χ2v) is 8.23. The summed E-state index contributed by atoms with van der Waals surface area (Å²) in [5.41, 5.74) is 6.64. The number of benzene rings is 2. The number of para-hydroxylation sites is 2. The number of hydrogen-bond donors (Lipinski definition) is 0. The Kier molecular flexibility index (Phi) is 4.58. The Hall–Kier alpha value is -3.54. The van der Waals surface area contributed by atoms with Crippen LogP contribution in [-0.2, 0) is 6.54 Å². The summed E-state index contributed by atoms with van der Waals surface area (Å²) in [7, 11) is 0. The molecule has 31 heavy (non-hydrogen) atoms. The van der Waals surface area contributed by atoms with Gasteiger partial charge in [-0.15, -0.1) is 0 Å². The molecule has 0 bridgehead atoms. The van der Waals surface area contributed by atoms with E-state index in [4.69, 9.17) is 15.0 Å². The lowest BCUT2D eigenvalue weighted by molar-refractivity contribution is 0.591. The van der Waals surface area contributed by atoms with E-state index < -0.39 is 0 Å². The van der Waals surface area contributed by atoms with Gasteiger partial charge in [0.1, 0.15) is 16.7 Å². The zero-order valence-corrected chi connectivity index (χ0v) is 18.3. The highest BCUT2D eigenvalue weighted by Crippen LogP contribution is 2.29. The lowest BCUT2D eigenvalue weighted by atomic mass is 10.1. The SMILES string of the molecule is CCCCn1c(C)nc2c(c1=O)c1nc3ccccc3nc1n2-c1cc(C)cc(C)c1. The standard InChI is InChI=1S/C25H25N5O/c1-5-6-11-29-17(4)26-23-21(25(29)31)22-24(28-20-10-8-7-9-19(20)27-22)30(23)18-13-15(2)12-16(3)14-18/h7-10,12-14H,5-6,11H2,1-4H3. The van der Waals surface area contributed by atoms with Crippen LogP contribution >= 0.6 is 0 Å². The Labute approximate surface area is 180 Å². The average Bonchev–Trinajstić information content (AvgIpc) is 3.04. The van der Waals surface area contributed by atoms with Crippen molar-refractivity contribution in [2.45, 2.75) is 47.1 Å². The molecule has 6 heteroatoms. The van der Waals surface area contributed by atoms with Crippen LogP contribution in [-0.4, -0.2) is 24.1 Å². The number of aryl methyl sites for hydroxylation is 3. The quantitative estimate of drug-likeness (QED) is 0.417. The minimum absolute atomic E-state index is 0.0475. The molecule has 5 rings (SSSR count). The van der Waals surface area contributed by atoms with Crippen LogP contribution in [0.3, 0.4) is 0 Å². The third-order valence-corrected chi connectivity index (χ3v) is 5.75. The van der Waals surface area contributed by atoms with Crippen molar-refractivity contribution in [2.24, 2.45) is 0 Å². The van der Waals surface area contributed by atoms with Gasteiger partial charge >= 0.3 is 0 Å². The number of fused-ring (bicyclic) bond motifs is 4. The number of nitrogens with zero attached hydrogens (tertiary/aromatic N) is 5. The first-order valence-electron chi connectivity index (χ1n) is 10.7. The van der Waals surface area contributed by atoms with Crippen molar-refractivity contribution in [2.75, 3.05) is 0 Å². The van der Waals surface area contributed by atoms with Crippen molar-refractivity contribution in [3.8, 4) is 5.69 Å². The molecule has 0 aliphatic rings. The molecule has 0 N–H and O–H groups in total. The van der Waals surface area contributed by atoms with Gasteiger partial charge in [0, 0.05) is 12.2 Å². The molecule has 3 aromatic heterocycles. The number of unbranched alkanes of at least 4 members (excludes halogenated alkanes) is 1. The van der Waals surface area contributed by atoms with E-state index in [0.29, 0.717) is 34.6 Å². The van der Waals surface area contributed by atoms with E-state index in [1.165, 1.54) is 0 Å². The third-order valence-electron chi connectivity index (χ3n) is 5.75. The minimum Gasteiger partial charge on any atom is -0.296 e. The molecule has 0 unspecified atom stereocenters. The lowest BCUT2D eigenvalue weighted by Gasteiger charge is -2.11. The van der Waals surface area contributed by atoms with Crippen molar-refractivity contribution in [1.29, 1.82) is 0 Å². The van der Waals surface area contributed by atoms with E-state index in [9.17, 15) is 4.79 Å². The van der Waals surface area contributed by atoms with Crippen LogP contribution in [0.25, 0.3) is 38.9 Å². The number of hydrogen-bond acceptors (Lipinski definition) is 4. The molecule has 5 aromatic rings. The summed E-state index contributed by atoms with van der Waals surface area (Å²) in [6.07, 6.45) is 1.94. The van der Waals surface area contributed by atoms with E-state index in [1.54, 1.807) is 4.57 Å². The van der Waals surface area contributed by atoms with Gasteiger partial charge in [-0.3, -0.25) is 13.9 Å². The Bertz CT molecular complexity index is 1510. The number of rotatable bonds is 4. The molecule has 3 heterocycles. The maximum absolute atomic E-state index is 13.6. The van der Waals surface area contributed by atoms with E-state index in [1.807, 2.05) is 35.8 Å². The molecule has 2 aromatic carbocycles.